The summed E-state index contributed by atoms with van der Waals surface area (Å²) >= 11 is 0. The van der Waals surface area contributed by atoms with Gasteiger partial charge in [-0.3, -0.25) is 0 Å². The van der Waals surface area contributed by atoms with Crippen molar-refractivity contribution in [3.8, 4) is 0 Å². The van der Waals surface area contributed by atoms with Gasteiger partial charge < -0.3 is 10.3 Å². The van der Waals surface area contributed by atoms with Gasteiger partial charge in [-0.25, -0.2) is 13.6 Å². The maximum absolute atomic E-state index is 11.8. The van der Waals surface area contributed by atoms with Crippen molar-refractivity contribution in [3.63, 3.8) is 0 Å². The molecule has 0 saturated carbocycles. The quantitative estimate of drug-likeness (QED) is 0.574. The smallest absolute Gasteiger partial charge is 0.238 e. The predicted molar refractivity (Wildman–Crippen MR) is 61.3 cm³/mol. The Balaban J connectivity index is 3.50. The number of primary sulfonamides is 1. The van der Waals surface area contributed by atoms with Crippen molar-refractivity contribution in [3.05, 3.63) is 18.2 Å². The number of nitrogens with two attached hydrogens (primary N) is 2. The second kappa shape index (κ2) is 3.63. The van der Waals surface area contributed by atoms with Crippen molar-refractivity contribution >= 4 is 28.2 Å². The van der Waals surface area contributed by atoms with Crippen LogP contribution in [0.1, 0.15) is 0 Å². The number of anilines is 1. The molecule has 0 unspecified atom stereocenters. The number of nitrogen functional groups attached to an aromatic ring is 1. The Morgan fingerprint density at radius 3 is 2.20 bits per heavy atom. The summed E-state index contributed by atoms with van der Waals surface area (Å²) in [5.74, 6) is 0. The largest absolute Gasteiger partial charge is 0.398 e. The molecule has 0 atom stereocenters. The molecule has 0 radical (unpaired) electrons. The van der Waals surface area contributed by atoms with Gasteiger partial charge in [-0.15, -0.1) is 0 Å². The molecule has 0 aliphatic carbocycles. The van der Waals surface area contributed by atoms with Gasteiger partial charge in [0.2, 0.25) is 10.0 Å². The Bertz CT molecular complexity index is 533. The third-order valence-electron chi connectivity index (χ3n) is 1.91. The van der Waals surface area contributed by atoms with Crippen LogP contribution in [0.25, 0.3) is 0 Å². The molecule has 7 heteroatoms. The zero-order chi connectivity index (χ0) is 11.9. The minimum Gasteiger partial charge on any atom is -0.398 e. The Morgan fingerprint density at radius 1 is 1.27 bits per heavy atom. The summed E-state index contributed by atoms with van der Waals surface area (Å²) in [6, 6.07) is 3.96. The van der Waals surface area contributed by atoms with E-state index in [0.717, 1.165) is 0 Å². The van der Waals surface area contributed by atoms with E-state index in [0.29, 0.717) is 11.0 Å². The van der Waals surface area contributed by atoms with Crippen LogP contribution in [-0.4, -0.2) is 21.7 Å². The van der Waals surface area contributed by atoms with E-state index in [1.807, 2.05) is 0 Å². The van der Waals surface area contributed by atoms with Crippen molar-refractivity contribution < 1.29 is 13.0 Å². The molecule has 0 aromatic heterocycles. The van der Waals surface area contributed by atoms with Crippen molar-refractivity contribution in [1.29, 1.82) is 0 Å². The minimum absolute atomic E-state index is 0.0735. The number of rotatable bonds is 2. The van der Waals surface area contributed by atoms with Gasteiger partial charge in [0.15, 0.2) is 0 Å². The van der Waals surface area contributed by atoms with E-state index in [-0.39, 0.29) is 4.90 Å². The highest BCUT2D eigenvalue weighted by molar-refractivity contribution is 7.89. The monoisotopic (exact) mass is 248 g/mol. The Kier molecular flexibility index (Phi) is 2.96. The summed E-state index contributed by atoms with van der Waals surface area (Å²) in [4.78, 5) is -0.0735. The lowest BCUT2D eigenvalue weighted by Gasteiger charge is -2.11. The molecule has 4 N–H and O–H groups in total. The highest BCUT2D eigenvalue weighted by atomic mass is 32.2. The molecule has 84 valence electrons. The zero-order valence-electron chi connectivity index (χ0n) is 8.47. The Hall–Kier alpha value is -0.840. The Labute approximate surface area is 88.9 Å². The summed E-state index contributed by atoms with van der Waals surface area (Å²) in [5.41, 5.74) is 5.93. The highest BCUT2D eigenvalue weighted by Gasteiger charge is 2.18. The second-order valence-corrected chi connectivity index (χ2v) is 8.36. The first-order chi connectivity index (χ1) is 6.62. The van der Waals surface area contributed by atoms with Crippen LogP contribution in [0.2, 0.25) is 0 Å². The normalized spacial score (nSPS) is 12.7. The minimum atomic E-state index is -3.78. The van der Waals surface area contributed by atoms with Gasteiger partial charge in [0.05, 0.1) is 4.90 Å². The van der Waals surface area contributed by atoms with Gasteiger partial charge in [0, 0.05) is 11.0 Å². The van der Waals surface area contributed by atoms with E-state index in [2.05, 4.69) is 0 Å². The summed E-state index contributed by atoms with van der Waals surface area (Å²) in [6.07, 6.45) is 0. The van der Waals surface area contributed by atoms with Crippen molar-refractivity contribution in [2.45, 2.75) is 4.90 Å². The van der Waals surface area contributed by atoms with E-state index in [1.165, 1.54) is 31.5 Å². The molecule has 0 spiro atoms. The molecule has 0 aliphatic heterocycles. The van der Waals surface area contributed by atoms with Gasteiger partial charge in [-0.05, 0) is 31.5 Å². The molecular weight excluding hydrogens is 235 g/mol. The zero-order valence-corrected chi connectivity index (χ0v) is 10.2. The molecular formula is C8H13N2O3PS. The molecule has 5 nitrogen and oxygen atoms in total. The topological polar surface area (TPSA) is 103 Å². The first kappa shape index (κ1) is 12.2. The first-order valence-electron chi connectivity index (χ1n) is 4.10. The molecule has 1 rings (SSSR count). The van der Waals surface area contributed by atoms with Crippen LogP contribution >= 0.6 is 7.14 Å². The molecule has 0 amide bonds. The van der Waals surface area contributed by atoms with Crippen LogP contribution in [0.15, 0.2) is 23.1 Å². The summed E-state index contributed by atoms with van der Waals surface area (Å²) in [5, 5.41) is 5.30. The lowest BCUT2D eigenvalue weighted by molar-refractivity contribution is 0.588. The van der Waals surface area contributed by atoms with Gasteiger partial charge in [0.1, 0.15) is 7.14 Å². The SMILES string of the molecule is CP(C)(=O)c1cc(S(N)(=O)=O)ccc1N. The van der Waals surface area contributed by atoms with Crippen LogP contribution in [0, 0.1) is 0 Å². The molecule has 0 aliphatic rings. The highest BCUT2D eigenvalue weighted by Crippen LogP contribution is 2.37. The molecule has 0 saturated heterocycles. The second-order valence-electron chi connectivity index (χ2n) is 3.62. The molecule has 0 fully saturated rings. The molecule has 1 aromatic rings. The summed E-state index contributed by atoms with van der Waals surface area (Å²) in [6.45, 7) is 3.04. The van der Waals surface area contributed by atoms with Gasteiger partial charge in [-0.2, -0.15) is 0 Å². The van der Waals surface area contributed by atoms with Crippen molar-refractivity contribution in [2.75, 3.05) is 19.1 Å². The predicted octanol–water partition coefficient (Wildman–Crippen LogP) is 0.164. The van der Waals surface area contributed by atoms with E-state index in [9.17, 15) is 13.0 Å². The Morgan fingerprint density at radius 2 is 1.80 bits per heavy atom. The van der Waals surface area contributed by atoms with Crippen LogP contribution < -0.4 is 16.2 Å². The number of sulfonamides is 1. The van der Waals surface area contributed by atoms with Crippen LogP contribution in [0.5, 0.6) is 0 Å². The lowest BCUT2D eigenvalue weighted by atomic mass is 10.3. The van der Waals surface area contributed by atoms with E-state index in [1.54, 1.807) is 0 Å². The van der Waals surface area contributed by atoms with Gasteiger partial charge >= 0.3 is 0 Å². The lowest BCUT2D eigenvalue weighted by Crippen LogP contribution is -2.17. The maximum atomic E-state index is 11.8. The van der Waals surface area contributed by atoms with E-state index < -0.39 is 17.2 Å². The van der Waals surface area contributed by atoms with Gasteiger partial charge in [-0.1, -0.05) is 0 Å². The first-order valence-corrected chi connectivity index (χ1v) is 8.25. The fourth-order valence-electron chi connectivity index (χ4n) is 1.17. The average molecular weight is 248 g/mol. The number of hydrogen-bond acceptors (Lipinski definition) is 4. The van der Waals surface area contributed by atoms with Crippen LogP contribution in [0.4, 0.5) is 5.69 Å². The molecule has 0 heterocycles. The molecule has 1 aromatic carbocycles. The van der Waals surface area contributed by atoms with Crippen molar-refractivity contribution in [2.24, 2.45) is 5.14 Å². The van der Waals surface area contributed by atoms with Gasteiger partial charge in [0.25, 0.3) is 0 Å². The third kappa shape index (κ3) is 2.81. The molecule has 0 bridgehead atoms. The average Bonchev–Trinajstić information content (AvgIpc) is 2.00. The fourth-order valence-corrected chi connectivity index (χ4v) is 2.94. The summed E-state index contributed by atoms with van der Waals surface area (Å²) < 4.78 is 33.9. The fraction of sp³-hybridized carbons (Fsp3) is 0.250. The van der Waals surface area contributed by atoms with Crippen molar-refractivity contribution in [1.82, 2.24) is 0 Å². The molecule has 15 heavy (non-hydrogen) atoms. The number of benzene rings is 1. The third-order valence-corrected chi connectivity index (χ3v) is 4.37. The van der Waals surface area contributed by atoms with Crippen LogP contribution in [0.3, 0.4) is 0 Å². The number of hydrogen-bond donors (Lipinski definition) is 2. The summed E-state index contributed by atoms with van der Waals surface area (Å²) in [7, 11) is -6.38. The van der Waals surface area contributed by atoms with E-state index in [4.69, 9.17) is 10.9 Å². The van der Waals surface area contributed by atoms with E-state index >= 15 is 0 Å². The van der Waals surface area contributed by atoms with Crippen LogP contribution in [-0.2, 0) is 14.6 Å². The standard InChI is InChI=1S/C8H13N2O3PS/c1-14(2,11)8-5-6(15(10,12)13)3-4-7(8)9/h3-5H,9H2,1-2H3,(H2,10,12,13). The maximum Gasteiger partial charge on any atom is 0.238 e.